The van der Waals surface area contributed by atoms with Gasteiger partial charge in [-0.25, -0.2) is 0 Å². The summed E-state index contributed by atoms with van der Waals surface area (Å²) in [4.78, 5) is 0. The van der Waals surface area contributed by atoms with Crippen LogP contribution in [0.4, 0.5) is 0 Å². The molecule has 0 saturated heterocycles. The van der Waals surface area contributed by atoms with Crippen LogP contribution in [-0.2, 0) is 6.54 Å². The first-order valence-corrected chi connectivity index (χ1v) is 7.00. The molecule has 1 aliphatic carbocycles. The molecule has 1 fully saturated rings. The van der Waals surface area contributed by atoms with Crippen molar-refractivity contribution in [2.45, 2.75) is 45.1 Å². The Bertz CT molecular complexity index is 554. The lowest BCUT2D eigenvalue weighted by Gasteiger charge is -2.01. The quantitative estimate of drug-likeness (QED) is 0.906. The van der Waals surface area contributed by atoms with Gasteiger partial charge in [0.1, 0.15) is 10.7 Å². The predicted molar refractivity (Wildman–Crippen MR) is 68.8 cm³/mol. The van der Waals surface area contributed by atoms with Gasteiger partial charge in [0, 0.05) is 18.4 Å². The first kappa shape index (κ1) is 11.7. The van der Waals surface area contributed by atoms with Gasteiger partial charge in [-0.3, -0.25) is 0 Å². The van der Waals surface area contributed by atoms with Gasteiger partial charge in [0.15, 0.2) is 0 Å². The summed E-state index contributed by atoms with van der Waals surface area (Å²) in [6.45, 7) is 4.65. The van der Waals surface area contributed by atoms with Crippen LogP contribution in [0.25, 0.3) is 5.13 Å². The Hall–Kier alpha value is -1.34. The van der Waals surface area contributed by atoms with Gasteiger partial charge in [-0.2, -0.15) is 4.68 Å². The number of nitrogens with zero attached hydrogens (tertiary/aromatic N) is 5. The molecule has 96 valence electrons. The smallest absolute Gasteiger partial charge is 0.234 e. The molecule has 0 atom stereocenters. The molecule has 0 bridgehead atoms. The third-order valence-corrected chi connectivity index (χ3v) is 4.24. The molecule has 2 aromatic heterocycles. The molecule has 0 amide bonds. The fourth-order valence-corrected chi connectivity index (χ4v) is 2.73. The number of nitrogens with two attached hydrogens (primary N) is 1. The van der Waals surface area contributed by atoms with Crippen LogP contribution in [0, 0.1) is 0 Å². The van der Waals surface area contributed by atoms with Crippen molar-refractivity contribution in [1.82, 2.24) is 25.2 Å². The average molecular weight is 264 g/mol. The number of hydrogen-bond acceptors (Lipinski definition) is 6. The van der Waals surface area contributed by atoms with Crippen LogP contribution >= 0.6 is 11.3 Å². The Morgan fingerprint density at radius 1 is 1.33 bits per heavy atom. The first-order valence-electron chi connectivity index (χ1n) is 6.19. The van der Waals surface area contributed by atoms with E-state index in [1.54, 1.807) is 11.3 Å². The standard InChI is InChI=1S/C11H16N6S/c1-6(2)10-14-15-11(18-10)17-9(7-3-4-7)8(5-12)13-16-17/h6-7H,3-5,12H2,1-2H3. The van der Waals surface area contributed by atoms with Gasteiger partial charge in [-0.1, -0.05) is 30.4 Å². The minimum atomic E-state index is 0.387. The van der Waals surface area contributed by atoms with Crippen LogP contribution in [-0.4, -0.2) is 25.2 Å². The summed E-state index contributed by atoms with van der Waals surface area (Å²) in [5, 5.41) is 18.6. The fraction of sp³-hybridized carbons (Fsp3) is 0.636. The van der Waals surface area contributed by atoms with Gasteiger partial charge >= 0.3 is 0 Å². The van der Waals surface area contributed by atoms with E-state index in [-0.39, 0.29) is 0 Å². The lowest BCUT2D eigenvalue weighted by molar-refractivity contribution is 0.742. The largest absolute Gasteiger partial charge is 0.325 e. The highest BCUT2D eigenvalue weighted by Crippen LogP contribution is 2.42. The van der Waals surface area contributed by atoms with Crippen LogP contribution in [0.2, 0.25) is 0 Å². The molecule has 0 radical (unpaired) electrons. The van der Waals surface area contributed by atoms with Gasteiger partial charge in [0.25, 0.3) is 0 Å². The zero-order chi connectivity index (χ0) is 12.7. The lowest BCUT2D eigenvalue weighted by atomic mass is 10.2. The van der Waals surface area contributed by atoms with Gasteiger partial charge < -0.3 is 5.73 Å². The molecule has 2 heterocycles. The molecule has 1 aliphatic rings. The van der Waals surface area contributed by atoms with Gasteiger partial charge in [0.2, 0.25) is 5.13 Å². The fourth-order valence-electron chi connectivity index (χ4n) is 1.92. The summed E-state index contributed by atoms with van der Waals surface area (Å²) in [5.74, 6) is 0.933. The molecule has 0 spiro atoms. The van der Waals surface area contributed by atoms with Crippen molar-refractivity contribution in [3.05, 3.63) is 16.4 Å². The lowest BCUT2D eigenvalue weighted by Crippen LogP contribution is -2.04. The van der Waals surface area contributed by atoms with E-state index in [1.807, 2.05) is 4.68 Å². The minimum Gasteiger partial charge on any atom is -0.325 e. The molecular formula is C11H16N6S. The van der Waals surface area contributed by atoms with E-state index < -0.39 is 0 Å². The topological polar surface area (TPSA) is 82.5 Å². The zero-order valence-electron chi connectivity index (χ0n) is 10.5. The summed E-state index contributed by atoms with van der Waals surface area (Å²) in [6, 6.07) is 0. The Balaban J connectivity index is 2.02. The van der Waals surface area contributed by atoms with Crippen molar-refractivity contribution in [3.8, 4) is 5.13 Å². The van der Waals surface area contributed by atoms with E-state index in [4.69, 9.17) is 5.73 Å². The molecule has 2 aromatic rings. The van der Waals surface area contributed by atoms with Crippen LogP contribution in [0.5, 0.6) is 0 Å². The van der Waals surface area contributed by atoms with Crippen molar-refractivity contribution in [2.24, 2.45) is 5.73 Å². The second-order valence-corrected chi connectivity index (χ2v) is 5.88. The maximum atomic E-state index is 5.71. The van der Waals surface area contributed by atoms with Gasteiger partial charge in [-0.05, 0) is 12.8 Å². The number of rotatable bonds is 4. The van der Waals surface area contributed by atoms with Crippen LogP contribution < -0.4 is 5.73 Å². The second-order valence-electron chi connectivity index (χ2n) is 4.89. The van der Waals surface area contributed by atoms with Crippen LogP contribution in [0.3, 0.4) is 0 Å². The molecule has 0 aromatic carbocycles. The number of aromatic nitrogens is 5. The van der Waals surface area contributed by atoms with Gasteiger partial charge in [-0.15, -0.1) is 15.3 Å². The maximum Gasteiger partial charge on any atom is 0.234 e. The monoisotopic (exact) mass is 264 g/mol. The van der Waals surface area contributed by atoms with Crippen molar-refractivity contribution >= 4 is 11.3 Å². The van der Waals surface area contributed by atoms with E-state index in [0.29, 0.717) is 18.4 Å². The normalized spacial score (nSPS) is 15.6. The van der Waals surface area contributed by atoms with Gasteiger partial charge in [0.05, 0.1) is 5.69 Å². The number of hydrogen-bond donors (Lipinski definition) is 1. The minimum absolute atomic E-state index is 0.387. The molecular weight excluding hydrogens is 248 g/mol. The van der Waals surface area contributed by atoms with Crippen LogP contribution in [0.1, 0.15) is 54.9 Å². The predicted octanol–water partition coefficient (Wildman–Crippen LogP) is 1.58. The highest BCUT2D eigenvalue weighted by atomic mass is 32.1. The molecule has 1 saturated carbocycles. The molecule has 6 nitrogen and oxygen atoms in total. The third kappa shape index (κ3) is 1.93. The summed E-state index contributed by atoms with van der Waals surface area (Å²) < 4.78 is 1.82. The summed E-state index contributed by atoms with van der Waals surface area (Å²) in [5.41, 5.74) is 7.73. The molecule has 0 aliphatic heterocycles. The molecule has 2 N–H and O–H groups in total. The van der Waals surface area contributed by atoms with Crippen molar-refractivity contribution in [2.75, 3.05) is 0 Å². The molecule has 18 heavy (non-hydrogen) atoms. The molecule has 7 heteroatoms. The Labute approximate surface area is 109 Å². The SMILES string of the molecule is CC(C)c1nnc(-n2nnc(CN)c2C2CC2)s1. The van der Waals surface area contributed by atoms with Crippen LogP contribution in [0.15, 0.2) is 0 Å². The van der Waals surface area contributed by atoms with Crippen molar-refractivity contribution in [1.29, 1.82) is 0 Å². The highest BCUT2D eigenvalue weighted by Gasteiger charge is 2.32. The highest BCUT2D eigenvalue weighted by molar-refractivity contribution is 7.13. The van der Waals surface area contributed by atoms with Crippen molar-refractivity contribution in [3.63, 3.8) is 0 Å². The van der Waals surface area contributed by atoms with E-state index >= 15 is 0 Å². The molecule has 3 rings (SSSR count). The summed E-state index contributed by atoms with van der Waals surface area (Å²) >= 11 is 1.57. The average Bonchev–Trinajstić information content (AvgIpc) is 2.93. The summed E-state index contributed by atoms with van der Waals surface area (Å²) in [7, 11) is 0. The second kappa shape index (κ2) is 4.40. The zero-order valence-corrected chi connectivity index (χ0v) is 11.3. The van der Waals surface area contributed by atoms with E-state index in [0.717, 1.165) is 21.5 Å². The van der Waals surface area contributed by atoms with E-state index in [1.165, 1.54) is 12.8 Å². The van der Waals surface area contributed by atoms with E-state index in [2.05, 4.69) is 34.4 Å². The Morgan fingerprint density at radius 2 is 2.11 bits per heavy atom. The maximum absolute atomic E-state index is 5.71. The Morgan fingerprint density at radius 3 is 2.67 bits per heavy atom. The molecule has 0 unspecified atom stereocenters. The van der Waals surface area contributed by atoms with E-state index in [9.17, 15) is 0 Å². The Kier molecular flexibility index (Phi) is 2.87. The first-order chi connectivity index (χ1) is 8.70. The van der Waals surface area contributed by atoms with Crippen molar-refractivity contribution < 1.29 is 0 Å². The third-order valence-electron chi connectivity index (χ3n) is 3.04. The summed E-state index contributed by atoms with van der Waals surface area (Å²) in [6.07, 6.45) is 2.38.